The fourth-order valence-corrected chi connectivity index (χ4v) is 2.29. The maximum absolute atomic E-state index is 5.89. The molecule has 1 atom stereocenters. The first-order valence-corrected chi connectivity index (χ1v) is 7.18. The number of hydrogen-bond donors (Lipinski definition) is 1. The van der Waals surface area contributed by atoms with E-state index >= 15 is 0 Å². The molecule has 0 aromatic heterocycles. The van der Waals surface area contributed by atoms with E-state index in [1.165, 1.54) is 16.7 Å². The maximum Gasteiger partial charge on any atom is 0.122 e. The number of ether oxygens (including phenoxy) is 1. The minimum Gasteiger partial charge on any atom is -0.489 e. The molecule has 2 heteroatoms. The van der Waals surface area contributed by atoms with Crippen LogP contribution < -0.4 is 10.5 Å². The fraction of sp³-hybridized carbons (Fsp3) is 0.333. The summed E-state index contributed by atoms with van der Waals surface area (Å²) in [6.07, 6.45) is 1.02. The zero-order valence-corrected chi connectivity index (χ0v) is 12.3. The Morgan fingerprint density at radius 3 is 2.50 bits per heavy atom. The summed E-state index contributed by atoms with van der Waals surface area (Å²) in [5.74, 6) is 1.46. The predicted octanol–water partition coefficient (Wildman–Crippen LogP) is 4.03. The average Bonchev–Trinajstić information content (AvgIpc) is 2.47. The van der Waals surface area contributed by atoms with Crippen LogP contribution in [-0.4, -0.2) is 6.54 Å². The van der Waals surface area contributed by atoms with E-state index in [0.29, 0.717) is 12.5 Å². The maximum atomic E-state index is 5.89. The largest absolute Gasteiger partial charge is 0.489 e. The summed E-state index contributed by atoms with van der Waals surface area (Å²) in [5.41, 5.74) is 9.33. The van der Waals surface area contributed by atoms with Crippen LogP contribution >= 0.6 is 0 Å². The molecule has 0 spiro atoms. The second kappa shape index (κ2) is 7.11. The second-order valence-corrected chi connectivity index (χ2v) is 5.28. The Balaban J connectivity index is 2.02. The number of rotatable bonds is 6. The number of hydrogen-bond acceptors (Lipinski definition) is 2. The van der Waals surface area contributed by atoms with Gasteiger partial charge in [0.15, 0.2) is 0 Å². The van der Waals surface area contributed by atoms with Crippen molar-refractivity contribution in [2.45, 2.75) is 32.8 Å². The highest BCUT2D eigenvalue weighted by Crippen LogP contribution is 2.25. The Hall–Kier alpha value is -1.80. The molecule has 2 rings (SSSR count). The highest BCUT2D eigenvalue weighted by molar-refractivity contribution is 5.37. The van der Waals surface area contributed by atoms with Crippen LogP contribution in [0.15, 0.2) is 48.5 Å². The van der Waals surface area contributed by atoms with Gasteiger partial charge in [-0.1, -0.05) is 49.4 Å². The molecule has 0 fully saturated rings. The molecule has 2 nitrogen and oxygen atoms in total. The summed E-state index contributed by atoms with van der Waals surface area (Å²) in [4.78, 5) is 0. The third-order valence-corrected chi connectivity index (χ3v) is 3.60. The highest BCUT2D eigenvalue weighted by atomic mass is 16.5. The van der Waals surface area contributed by atoms with Crippen molar-refractivity contribution < 1.29 is 4.74 Å². The molecule has 0 aliphatic rings. The SMILES string of the molecule is Cc1cc(C(C)CCN)ccc1OCc1ccccc1. The van der Waals surface area contributed by atoms with Crippen LogP contribution in [0.3, 0.4) is 0 Å². The van der Waals surface area contributed by atoms with E-state index in [1.54, 1.807) is 0 Å². The van der Waals surface area contributed by atoms with Gasteiger partial charge in [0.1, 0.15) is 12.4 Å². The molecule has 0 aliphatic carbocycles. The van der Waals surface area contributed by atoms with Crippen LogP contribution in [0.4, 0.5) is 0 Å². The van der Waals surface area contributed by atoms with Crippen molar-refractivity contribution in [2.24, 2.45) is 5.73 Å². The monoisotopic (exact) mass is 269 g/mol. The van der Waals surface area contributed by atoms with Crippen LogP contribution in [0, 0.1) is 6.92 Å². The van der Waals surface area contributed by atoms with Gasteiger partial charge < -0.3 is 10.5 Å². The highest BCUT2D eigenvalue weighted by Gasteiger charge is 2.07. The van der Waals surface area contributed by atoms with Gasteiger partial charge in [-0.3, -0.25) is 0 Å². The molecule has 0 aliphatic heterocycles. The predicted molar refractivity (Wildman–Crippen MR) is 84.0 cm³/mol. The summed E-state index contributed by atoms with van der Waals surface area (Å²) in [6.45, 7) is 5.65. The lowest BCUT2D eigenvalue weighted by Gasteiger charge is -2.14. The van der Waals surface area contributed by atoms with Gasteiger partial charge in [-0.05, 0) is 48.6 Å². The minimum atomic E-state index is 0.502. The molecule has 2 aromatic rings. The van der Waals surface area contributed by atoms with Crippen LogP contribution in [0.1, 0.15) is 36.0 Å². The molecule has 0 heterocycles. The molecule has 0 saturated heterocycles. The van der Waals surface area contributed by atoms with E-state index in [1.807, 2.05) is 18.2 Å². The Morgan fingerprint density at radius 2 is 1.85 bits per heavy atom. The third-order valence-electron chi connectivity index (χ3n) is 3.60. The van der Waals surface area contributed by atoms with Crippen LogP contribution in [-0.2, 0) is 6.61 Å². The van der Waals surface area contributed by atoms with Crippen molar-refractivity contribution in [2.75, 3.05) is 6.54 Å². The normalized spacial score (nSPS) is 12.2. The molecule has 2 aromatic carbocycles. The Kier molecular flexibility index (Phi) is 5.19. The fourth-order valence-electron chi connectivity index (χ4n) is 2.29. The van der Waals surface area contributed by atoms with Crippen LogP contribution in [0.5, 0.6) is 5.75 Å². The third kappa shape index (κ3) is 3.84. The first-order valence-electron chi connectivity index (χ1n) is 7.18. The molecule has 2 N–H and O–H groups in total. The molecule has 0 amide bonds. The zero-order chi connectivity index (χ0) is 14.4. The van der Waals surface area contributed by atoms with Gasteiger partial charge in [0.2, 0.25) is 0 Å². The number of nitrogens with two attached hydrogens (primary N) is 1. The van der Waals surface area contributed by atoms with Gasteiger partial charge in [0.25, 0.3) is 0 Å². The Labute approximate surface area is 121 Å². The van der Waals surface area contributed by atoms with Crippen LogP contribution in [0.25, 0.3) is 0 Å². The molecular formula is C18H23NO. The zero-order valence-electron chi connectivity index (χ0n) is 12.3. The second-order valence-electron chi connectivity index (χ2n) is 5.28. The van der Waals surface area contributed by atoms with Gasteiger partial charge in [-0.2, -0.15) is 0 Å². The molecule has 0 saturated carbocycles. The smallest absolute Gasteiger partial charge is 0.122 e. The Bertz CT molecular complexity index is 536. The molecular weight excluding hydrogens is 246 g/mol. The lowest BCUT2D eigenvalue weighted by Crippen LogP contribution is -2.05. The first kappa shape index (κ1) is 14.6. The van der Waals surface area contributed by atoms with Crippen LogP contribution in [0.2, 0.25) is 0 Å². The van der Waals surface area contributed by atoms with E-state index in [4.69, 9.17) is 10.5 Å². The van der Waals surface area contributed by atoms with Crippen molar-refractivity contribution in [3.63, 3.8) is 0 Å². The average molecular weight is 269 g/mol. The summed E-state index contributed by atoms with van der Waals surface area (Å²) in [6, 6.07) is 16.7. The molecule has 1 unspecified atom stereocenters. The summed E-state index contributed by atoms with van der Waals surface area (Å²) in [7, 11) is 0. The lowest BCUT2D eigenvalue weighted by atomic mass is 9.96. The van der Waals surface area contributed by atoms with E-state index in [-0.39, 0.29) is 0 Å². The number of aryl methyl sites for hydroxylation is 1. The van der Waals surface area contributed by atoms with Gasteiger partial charge in [-0.15, -0.1) is 0 Å². The van der Waals surface area contributed by atoms with E-state index in [9.17, 15) is 0 Å². The van der Waals surface area contributed by atoms with Crippen molar-refractivity contribution in [3.05, 3.63) is 65.2 Å². The minimum absolute atomic E-state index is 0.502. The van der Waals surface area contributed by atoms with Gasteiger partial charge in [-0.25, -0.2) is 0 Å². The first-order chi connectivity index (χ1) is 9.70. The van der Waals surface area contributed by atoms with Gasteiger partial charge >= 0.3 is 0 Å². The van der Waals surface area contributed by atoms with E-state index in [2.05, 4.69) is 44.2 Å². The van der Waals surface area contributed by atoms with Crippen molar-refractivity contribution in [1.29, 1.82) is 0 Å². The molecule has 0 radical (unpaired) electrons. The molecule has 0 bridgehead atoms. The van der Waals surface area contributed by atoms with Crippen molar-refractivity contribution in [3.8, 4) is 5.75 Å². The molecule has 20 heavy (non-hydrogen) atoms. The quantitative estimate of drug-likeness (QED) is 0.859. The molecule has 106 valence electrons. The summed E-state index contributed by atoms with van der Waals surface area (Å²) in [5, 5.41) is 0. The summed E-state index contributed by atoms with van der Waals surface area (Å²) < 4.78 is 5.89. The lowest BCUT2D eigenvalue weighted by molar-refractivity contribution is 0.304. The topological polar surface area (TPSA) is 35.2 Å². The van der Waals surface area contributed by atoms with Crippen molar-refractivity contribution >= 4 is 0 Å². The van der Waals surface area contributed by atoms with Gasteiger partial charge in [0.05, 0.1) is 0 Å². The summed E-state index contributed by atoms with van der Waals surface area (Å²) >= 11 is 0. The standard InChI is InChI=1S/C18H23NO/c1-14(10-11-19)17-8-9-18(15(2)12-17)20-13-16-6-4-3-5-7-16/h3-9,12,14H,10-11,13,19H2,1-2H3. The van der Waals surface area contributed by atoms with E-state index in [0.717, 1.165) is 18.7 Å². The van der Waals surface area contributed by atoms with Gasteiger partial charge in [0, 0.05) is 0 Å². The van der Waals surface area contributed by atoms with E-state index < -0.39 is 0 Å². The van der Waals surface area contributed by atoms with Crippen molar-refractivity contribution in [1.82, 2.24) is 0 Å². The Morgan fingerprint density at radius 1 is 1.10 bits per heavy atom. The number of benzene rings is 2.